The molecule has 1 rings (SSSR count). The second-order valence-corrected chi connectivity index (χ2v) is 6.09. The fourth-order valence-electron chi connectivity index (χ4n) is 1.79. The Bertz CT molecular complexity index is 450. The number of aryl methyl sites for hydroxylation is 1. The van der Waals surface area contributed by atoms with Gasteiger partial charge in [0.2, 0.25) is 0 Å². The van der Waals surface area contributed by atoms with Gasteiger partial charge in [0.15, 0.2) is 0 Å². The first kappa shape index (κ1) is 15.5. The molecule has 0 bridgehead atoms. The van der Waals surface area contributed by atoms with Crippen molar-refractivity contribution < 1.29 is 4.74 Å². The largest absolute Gasteiger partial charge is 0.493 e. The van der Waals surface area contributed by atoms with E-state index in [0.29, 0.717) is 12.5 Å². The Morgan fingerprint density at radius 3 is 2.53 bits per heavy atom. The van der Waals surface area contributed by atoms with Crippen molar-refractivity contribution in [2.24, 2.45) is 11.1 Å². The Morgan fingerprint density at radius 2 is 2.00 bits per heavy atom. The summed E-state index contributed by atoms with van der Waals surface area (Å²) < 4.78 is 5.91. The fourth-order valence-corrected chi connectivity index (χ4v) is 1.79. The van der Waals surface area contributed by atoms with Crippen molar-refractivity contribution in [3.8, 4) is 5.75 Å². The van der Waals surface area contributed by atoms with Crippen LogP contribution in [0.5, 0.6) is 5.75 Å². The number of benzene rings is 1. The van der Waals surface area contributed by atoms with E-state index in [0.717, 1.165) is 12.2 Å². The van der Waals surface area contributed by atoms with Gasteiger partial charge >= 0.3 is 0 Å². The van der Waals surface area contributed by atoms with Crippen molar-refractivity contribution in [2.45, 2.75) is 47.0 Å². The molecular weight excluding hydrogens is 236 g/mol. The van der Waals surface area contributed by atoms with E-state index in [2.05, 4.69) is 39.0 Å². The number of nitrogens with one attached hydrogen (secondary N) is 1. The highest BCUT2D eigenvalue weighted by Crippen LogP contribution is 2.28. The van der Waals surface area contributed by atoms with Crippen molar-refractivity contribution in [1.82, 2.24) is 0 Å². The van der Waals surface area contributed by atoms with E-state index in [1.54, 1.807) is 0 Å². The Kier molecular flexibility index (Phi) is 4.98. The van der Waals surface area contributed by atoms with Crippen LogP contribution in [0, 0.1) is 17.7 Å². The van der Waals surface area contributed by atoms with Crippen LogP contribution in [0.25, 0.3) is 0 Å². The van der Waals surface area contributed by atoms with Gasteiger partial charge in [-0.15, -0.1) is 0 Å². The molecule has 3 heteroatoms. The molecular formula is C16H26N2O. The summed E-state index contributed by atoms with van der Waals surface area (Å²) in [6.45, 7) is 10.9. The molecule has 0 aliphatic carbocycles. The molecule has 0 saturated carbocycles. The van der Waals surface area contributed by atoms with Crippen LogP contribution in [-0.2, 0) is 0 Å². The summed E-state index contributed by atoms with van der Waals surface area (Å²) in [4.78, 5) is 0. The second-order valence-electron chi connectivity index (χ2n) is 6.09. The SMILES string of the molecule is Cc1ccc(C(C)C)c(OCCC(C)(C)C(=N)N)c1. The van der Waals surface area contributed by atoms with E-state index in [4.69, 9.17) is 15.9 Å². The first-order valence-corrected chi connectivity index (χ1v) is 6.82. The minimum Gasteiger partial charge on any atom is -0.493 e. The van der Waals surface area contributed by atoms with Crippen LogP contribution in [0.15, 0.2) is 18.2 Å². The Labute approximate surface area is 116 Å². The molecule has 0 unspecified atom stereocenters. The zero-order valence-electron chi connectivity index (χ0n) is 12.7. The van der Waals surface area contributed by atoms with E-state index in [1.807, 2.05) is 13.8 Å². The van der Waals surface area contributed by atoms with Crippen molar-refractivity contribution in [2.75, 3.05) is 6.61 Å². The van der Waals surface area contributed by atoms with Gasteiger partial charge in [-0.25, -0.2) is 0 Å². The summed E-state index contributed by atoms with van der Waals surface area (Å²) in [5, 5.41) is 7.55. The van der Waals surface area contributed by atoms with Crippen molar-refractivity contribution in [3.63, 3.8) is 0 Å². The standard InChI is InChI=1S/C16H26N2O/c1-11(2)13-7-6-12(3)10-14(13)19-9-8-16(4,5)15(17)18/h6-7,10-11H,8-9H2,1-5H3,(H3,17,18). The monoisotopic (exact) mass is 262 g/mol. The van der Waals surface area contributed by atoms with Gasteiger partial charge < -0.3 is 10.5 Å². The maximum absolute atomic E-state index is 7.55. The summed E-state index contributed by atoms with van der Waals surface area (Å²) >= 11 is 0. The van der Waals surface area contributed by atoms with E-state index in [9.17, 15) is 0 Å². The Morgan fingerprint density at radius 1 is 1.37 bits per heavy atom. The van der Waals surface area contributed by atoms with Gasteiger partial charge in [-0.2, -0.15) is 0 Å². The third kappa shape index (κ3) is 4.27. The van der Waals surface area contributed by atoms with Gasteiger partial charge in [0.25, 0.3) is 0 Å². The van der Waals surface area contributed by atoms with Gasteiger partial charge in [0, 0.05) is 5.41 Å². The van der Waals surface area contributed by atoms with Crippen LogP contribution in [-0.4, -0.2) is 12.4 Å². The number of hydrogen-bond acceptors (Lipinski definition) is 2. The predicted molar refractivity (Wildman–Crippen MR) is 81.1 cm³/mol. The highest BCUT2D eigenvalue weighted by atomic mass is 16.5. The van der Waals surface area contributed by atoms with E-state index < -0.39 is 0 Å². The highest BCUT2D eigenvalue weighted by Gasteiger charge is 2.21. The number of hydrogen-bond donors (Lipinski definition) is 2. The molecule has 3 nitrogen and oxygen atoms in total. The van der Waals surface area contributed by atoms with Gasteiger partial charge in [0.1, 0.15) is 5.75 Å². The van der Waals surface area contributed by atoms with Crippen LogP contribution in [0.1, 0.15) is 51.2 Å². The van der Waals surface area contributed by atoms with Gasteiger partial charge in [-0.05, 0) is 36.5 Å². The molecule has 0 amide bonds. The van der Waals surface area contributed by atoms with E-state index in [1.165, 1.54) is 11.1 Å². The lowest BCUT2D eigenvalue weighted by molar-refractivity contribution is 0.265. The average molecular weight is 262 g/mol. The topological polar surface area (TPSA) is 59.1 Å². The fraction of sp³-hybridized carbons (Fsp3) is 0.562. The van der Waals surface area contributed by atoms with E-state index in [-0.39, 0.29) is 11.3 Å². The normalized spacial score (nSPS) is 11.7. The predicted octanol–water partition coefficient (Wildman–Crippen LogP) is 3.85. The van der Waals surface area contributed by atoms with Crippen LogP contribution < -0.4 is 10.5 Å². The molecule has 0 aromatic heterocycles. The molecule has 1 aromatic carbocycles. The quantitative estimate of drug-likeness (QED) is 0.604. The molecule has 19 heavy (non-hydrogen) atoms. The van der Waals surface area contributed by atoms with Gasteiger partial charge in [0.05, 0.1) is 12.4 Å². The number of rotatable bonds is 6. The van der Waals surface area contributed by atoms with Gasteiger partial charge in [-0.3, -0.25) is 5.41 Å². The number of nitrogens with two attached hydrogens (primary N) is 1. The minimum absolute atomic E-state index is 0.212. The second kappa shape index (κ2) is 6.09. The van der Waals surface area contributed by atoms with Crippen LogP contribution >= 0.6 is 0 Å². The first-order chi connectivity index (χ1) is 8.74. The maximum Gasteiger partial charge on any atom is 0.122 e. The molecule has 0 spiro atoms. The summed E-state index contributed by atoms with van der Waals surface area (Å²) in [6.07, 6.45) is 0.744. The molecule has 0 aliphatic heterocycles. The molecule has 0 saturated heterocycles. The molecule has 106 valence electrons. The van der Waals surface area contributed by atoms with E-state index >= 15 is 0 Å². The maximum atomic E-state index is 7.55. The van der Waals surface area contributed by atoms with Crippen molar-refractivity contribution in [1.29, 1.82) is 5.41 Å². The number of ether oxygens (including phenoxy) is 1. The minimum atomic E-state index is -0.304. The lowest BCUT2D eigenvalue weighted by atomic mass is 9.88. The molecule has 3 N–H and O–H groups in total. The summed E-state index contributed by atoms with van der Waals surface area (Å²) in [7, 11) is 0. The third-order valence-corrected chi connectivity index (χ3v) is 3.50. The Balaban J connectivity index is 2.72. The molecule has 0 aliphatic rings. The Hall–Kier alpha value is -1.51. The van der Waals surface area contributed by atoms with Crippen molar-refractivity contribution >= 4 is 5.84 Å². The third-order valence-electron chi connectivity index (χ3n) is 3.50. The van der Waals surface area contributed by atoms with Crippen LogP contribution in [0.3, 0.4) is 0 Å². The zero-order chi connectivity index (χ0) is 14.6. The molecule has 0 heterocycles. The molecule has 0 atom stereocenters. The van der Waals surface area contributed by atoms with Gasteiger partial charge in [-0.1, -0.05) is 39.8 Å². The highest BCUT2D eigenvalue weighted by molar-refractivity contribution is 5.82. The zero-order valence-corrected chi connectivity index (χ0v) is 12.7. The summed E-state index contributed by atoms with van der Waals surface area (Å²) in [6, 6.07) is 6.32. The average Bonchev–Trinajstić information content (AvgIpc) is 2.28. The lowest BCUT2D eigenvalue weighted by Crippen LogP contribution is -2.32. The molecule has 0 fully saturated rings. The summed E-state index contributed by atoms with van der Waals surface area (Å²) in [5.41, 5.74) is 7.70. The lowest BCUT2D eigenvalue weighted by Gasteiger charge is -2.23. The molecule has 0 radical (unpaired) electrons. The van der Waals surface area contributed by atoms with Crippen molar-refractivity contribution in [3.05, 3.63) is 29.3 Å². The number of amidine groups is 1. The first-order valence-electron chi connectivity index (χ1n) is 6.82. The molecule has 1 aromatic rings. The van der Waals surface area contributed by atoms with Crippen LogP contribution in [0.4, 0.5) is 0 Å². The smallest absolute Gasteiger partial charge is 0.122 e. The van der Waals surface area contributed by atoms with Crippen LogP contribution in [0.2, 0.25) is 0 Å². The summed E-state index contributed by atoms with van der Waals surface area (Å²) in [5.74, 6) is 1.61.